The van der Waals surface area contributed by atoms with E-state index in [2.05, 4.69) is 15.3 Å². The Kier molecular flexibility index (Phi) is 3.43. The molecule has 1 fully saturated rings. The van der Waals surface area contributed by atoms with Gasteiger partial charge in [0.05, 0.1) is 18.9 Å². The average Bonchev–Trinajstić information content (AvgIpc) is 3.11. The normalized spacial score (nSPS) is 25.3. The van der Waals surface area contributed by atoms with E-state index in [1.165, 1.54) is 17.0 Å². The molecule has 3 rings (SSSR count). The number of hydrogen-bond acceptors (Lipinski definition) is 6. The fourth-order valence-electron chi connectivity index (χ4n) is 2.51. The highest BCUT2D eigenvalue weighted by atomic mass is 16.5. The van der Waals surface area contributed by atoms with E-state index >= 15 is 0 Å². The summed E-state index contributed by atoms with van der Waals surface area (Å²) in [5.41, 5.74) is -0.576. The van der Waals surface area contributed by atoms with Gasteiger partial charge in [0.1, 0.15) is 6.04 Å². The van der Waals surface area contributed by atoms with Crippen LogP contribution in [0.15, 0.2) is 28.2 Å². The number of aliphatic hydroxyl groups is 1. The molecule has 9 heteroatoms. The fourth-order valence-corrected chi connectivity index (χ4v) is 2.51. The third kappa shape index (κ3) is 2.41. The molecule has 1 aliphatic rings. The molecule has 1 unspecified atom stereocenters. The van der Waals surface area contributed by atoms with E-state index < -0.39 is 23.6 Å². The van der Waals surface area contributed by atoms with E-state index in [0.29, 0.717) is 12.0 Å². The number of ether oxygens (including phenoxy) is 1. The zero-order valence-corrected chi connectivity index (χ0v) is 11.3. The van der Waals surface area contributed by atoms with Crippen LogP contribution in [0.2, 0.25) is 0 Å². The third-order valence-corrected chi connectivity index (χ3v) is 3.57. The molecule has 0 amide bonds. The molecule has 21 heavy (non-hydrogen) atoms. The van der Waals surface area contributed by atoms with Crippen LogP contribution < -0.4 is 11.2 Å². The van der Waals surface area contributed by atoms with Gasteiger partial charge in [-0.2, -0.15) is 0 Å². The first-order valence-electron chi connectivity index (χ1n) is 6.54. The lowest BCUT2D eigenvalue weighted by atomic mass is 10.1. The zero-order valence-electron chi connectivity index (χ0n) is 11.3. The minimum absolute atomic E-state index is 0.154. The average molecular weight is 293 g/mol. The summed E-state index contributed by atoms with van der Waals surface area (Å²) in [6.45, 7) is 1.45. The summed E-state index contributed by atoms with van der Waals surface area (Å²) >= 11 is 0. The van der Waals surface area contributed by atoms with Crippen LogP contribution in [-0.2, 0) is 4.74 Å². The van der Waals surface area contributed by atoms with Crippen molar-refractivity contribution in [2.24, 2.45) is 0 Å². The number of rotatable bonds is 3. The van der Waals surface area contributed by atoms with Crippen molar-refractivity contribution in [2.75, 3.05) is 6.61 Å². The predicted octanol–water partition coefficient (Wildman–Crippen LogP) is -1.04. The monoisotopic (exact) mass is 293 g/mol. The Morgan fingerprint density at radius 1 is 1.52 bits per heavy atom. The Morgan fingerprint density at radius 2 is 2.33 bits per heavy atom. The maximum absolute atomic E-state index is 12.0. The Hall–Kier alpha value is -2.26. The second-order valence-electron chi connectivity index (χ2n) is 5.00. The molecule has 0 bridgehead atoms. The Balaban J connectivity index is 2.04. The van der Waals surface area contributed by atoms with Gasteiger partial charge in [-0.05, 0) is 6.92 Å². The smallest absolute Gasteiger partial charge is 0.330 e. The number of H-pyrrole nitrogens is 1. The van der Waals surface area contributed by atoms with Crippen molar-refractivity contribution < 1.29 is 9.84 Å². The van der Waals surface area contributed by atoms with E-state index in [4.69, 9.17) is 4.74 Å². The molecule has 2 aromatic rings. The minimum atomic E-state index is -0.660. The van der Waals surface area contributed by atoms with Gasteiger partial charge in [0.25, 0.3) is 5.56 Å². The van der Waals surface area contributed by atoms with E-state index in [-0.39, 0.29) is 12.6 Å². The Morgan fingerprint density at radius 3 is 3.00 bits per heavy atom. The van der Waals surface area contributed by atoms with Crippen LogP contribution in [0.1, 0.15) is 24.3 Å². The van der Waals surface area contributed by atoms with Crippen molar-refractivity contribution >= 4 is 0 Å². The van der Waals surface area contributed by atoms with Gasteiger partial charge in [-0.3, -0.25) is 14.3 Å². The zero-order chi connectivity index (χ0) is 15.0. The molecule has 2 N–H and O–H groups in total. The lowest BCUT2D eigenvalue weighted by molar-refractivity contribution is -0.0350. The van der Waals surface area contributed by atoms with Gasteiger partial charge < -0.3 is 9.84 Å². The summed E-state index contributed by atoms with van der Waals surface area (Å²) in [5, 5.41) is 17.0. The number of aromatic amines is 1. The summed E-state index contributed by atoms with van der Waals surface area (Å²) in [4.78, 5) is 25.7. The number of aryl methyl sites for hydroxylation is 1. The predicted molar refractivity (Wildman–Crippen MR) is 70.7 cm³/mol. The van der Waals surface area contributed by atoms with Gasteiger partial charge in [0.2, 0.25) is 0 Å². The molecule has 0 aromatic carbocycles. The molecule has 3 heterocycles. The van der Waals surface area contributed by atoms with Crippen LogP contribution in [0, 0.1) is 6.92 Å². The van der Waals surface area contributed by atoms with Crippen molar-refractivity contribution in [3.05, 3.63) is 45.0 Å². The molecule has 2 aromatic heterocycles. The standard InChI is InChI=1S/C12H15N5O4/c1-7-5-16(12(20)14-10(7)19)11-9(4-8(6-18)21-11)17-3-2-13-15-17/h2-3,5,8-9,11,18H,4,6H2,1H3,(H,14,19,20)/t8-,9?,11+/m0/s1. The molecule has 112 valence electrons. The second kappa shape index (κ2) is 5.26. The number of nitrogens with one attached hydrogen (secondary N) is 1. The summed E-state index contributed by atoms with van der Waals surface area (Å²) in [5.74, 6) is 0. The fraction of sp³-hybridized carbons (Fsp3) is 0.500. The van der Waals surface area contributed by atoms with Gasteiger partial charge >= 0.3 is 5.69 Å². The van der Waals surface area contributed by atoms with Crippen molar-refractivity contribution in [3.8, 4) is 0 Å². The SMILES string of the molecule is Cc1cn([C@@H]2O[C@H](CO)CC2n2ccnn2)c(=O)[nH]c1=O. The highest BCUT2D eigenvalue weighted by molar-refractivity contribution is 5.02. The van der Waals surface area contributed by atoms with E-state index in [1.807, 2.05) is 0 Å². The number of aromatic nitrogens is 5. The van der Waals surface area contributed by atoms with E-state index in [9.17, 15) is 14.7 Å². The maximum atomic E-state index is 12.0. The molecular weight excluding hydrogens is 278 g/mol. The first-order chi connectivity index (χ1) is 10.1. The van der Waals surface area contributed by atoms with E-state index in [1.54, 1.807) is 17.8 Å². The summed E-state index contributed by atoms with van der Waals surface area (Å²) in [6.07, 6.45) is 4.09. The quantitative estimate of drug-likeness (QED) is 0.746. The van der Waals surface area contributed by atoms with Gasteiger partial charge in [-0.1, -0.05) is 5.21 Å². The van der Waals surface area contributed by atoms with Gasteiger partial charge in [0.15, 0.2) is 6.23 Å². The largest absolute Gasteiger partial charge is 0.394 e. The molecule has 1 aliphatic heterocycles. The molecule has 3 atom stereocenters. The van der Waals surface area contributed by atoms with Crippen LogP contribution >= 0.6 is 0 Å². The van der Waals surface area contributed by atoms with Crippen LogP contribution in [0.25, 0.3) is 0 Å². The highest BCUT2D eigenvalue weighted by Gasteiger charge is 2.38. The van der Waals surface area contributed by atoms with Crippen molar-refractivity contribution in [1.82, 2.24) is 24.5 Å². The maximum Gasteiger partial charge on any atom is 0.330 e. The summed E-state index contributed by atoms with van der Waals surface area (Å²) in [7, 11) is 0. The van der Waals surface area contributed by atoms with Crippen LogP contribution in [0.4, 0.5) is 0 Å². The van der Waals surface area contributed by atoms with Crippen LogP contribution in [-0.4, -0.2) is 42.4 Å². The lowest BCUT2D eigenvalue weighted by Crippen LogP contribution is -2.35. The summed E-state index contributed by atoms with van der Waals surface area (Å²) < 4.78 is 8.62. The molecule has 9 nitrogen and oxygen atoms in total. The third-order valence-electron chi connectivity index (χ3n) is 3.57. The molecular formula is C12H15N5O4. The number of aliphatic hydroxyl groups excluding tert-OH is 1. The molecule has 0 radical (unpaired) electrons. The van der Waals surface area contributed by atoms with Gasteiger partial charge in [0, 0.05) is 24.4 Å². The Bertz CT molecular complexity index is 735. The number of hydrogen-bond donors (Lipinski definition) is 2. The Labute approximate surface area is 118 Å². The highest BCUT2D eigenvalue weighted by Crippen LogP contribution is 2.36. The molecule has 1 saturated heterocycles. The molecule has 0 saturated carbocycles. The van der Waals surface area contributed by atoms with Crippen molar-refractivity contribution in [2.45, 2.75) is 31.7 Å². The van der Waals surface area contributed by atoms with Crippen LogP contribution in [0.3, 0.4) is 0 Å². The molecule has 0 aliphatic carbocycles. The second-order valence-corrected chi connectivity index (χ2v) is 5.00. The molecule has 0 spiro atoms. The number of nitrogens with zero attached hydrogens (tertiary/aromatic N) is 4. The van der Waals surface area contributed by atoms with E-state index in [0.717, 1.165) is 0 Å². The van der Waals surface area contributed by atoms with Crippen LogP contribution in [0.5, 0.6) is 0 Å². The minimum Gasteiger partial charge on any atom is -0.394 e. The first-order valence-corrected chi connectivity index (χ1v) is 6.54. The van der Waals surface area contributed by atoms with Crippen molar-refractivity contribution in [1.29, 1.82) is 0 Å². The lowest BCUT2D eigenvalue weighted by Gasteiger charge is -2.20. The topological polar surface area (TPSA) is 115 Å². The van der Waals surface area contributed by atoms with Gasteiger partial charge in [-0.15, -0.1) is 5.10 Å². The first kappa shape index (κ1) is 13.7. The summed E-state index contributed by atoms with van der Waals surface area (Å²) in [6, 6.07) is -0.285. The van der Waals surface area contributed by atoms with Crippen molar-refractivity contribution in [3.63, 3.8) is 0 Å². The van der Waals surface area contributed by atoms with Gasteiger partial charge in [-0.25, -0.2) is 9.48 Å².